The van der Waals surface area contributed by atoms with Crippen LogP contribution in [-0.4, -0.2) is 10.8 Å². The number of carbonyl (C=O) groups excluding carboxylic acids is 1. The average molecular weight is 239 g/mol. The van der Waals surface area contributed by atoms with Gasteiger partial charge in [0.25, 0.3) is 0 Å². The number of pyridine rings is 1. The Morgan fingerprint density at radius 2 is 2.00 bits per heavy atom. The normalized spacial score (nSPS) is 18.1. The van der Waals surface area contributed by atoms with E-state index in [9.17, 15) is 4.79 Å². The summed E-state index contributed by atoms with van der Waals surface area (Å²) in [6.45, 7) is 2.11. The Kier molecular flexibility index (Phi) is 2.66. The van der Waals surface area contributed by atoms with Crippen molar-refractivity contribution in [1.29, 1.82) is 0 Å². The molecule has 0 spiro atoms. The van der Waals surface area contributed by atoms with Crippen molar-refractivity contribution in [2.75, 3.05) is 0 Å². The first-order valence-electron chi connectivity index (χ1n) is 6.59. The van der Waals surface area contributed by atoms with Gasteiger partial charge in [-0.3, -0.25) is 9.78 Å². The molecule has 0 saturated heterocycles. The van der Waals surface area contributed by atoms with Crippen LogP contribution in [0.5, 0.6) is 0 Å². The number of carbonyl (C=O) groups is 1. The second kappa shape index (κ2) is 4.20. The molecule has 1 aliphatic rings. The van der Waals surface area contributed by atoms with Crippen molar-refractivity contribution in [2.24, 2.45) is 5.41 Å². The summed E-state index contributed by atoms with van der Waals surface area (Å²) in [5.74, 6) is 0.297. The monoisotopic (exact) mass is 239 g/mol. The Morgan fingerprint density at radius 3 is 2.78 bits per heavy atom. The molecule has 1 aromatic carbocycles. The fraction of sp³-hybridized carbons (Fsp3) is 0.375. The maximum absolute atomic E-state index is 12.6. The summed E-state index contributed by atoms with van der Waals surface area (Å²) in [7, 11) is 0. The third-order valence-electron chi connectivity index (χ3n) is 4.12. The number of ketones is 1. The van der Waals surface area contributed by atoms with Crippen molar-refractivity contribution in [3.63, 3.8) is 0 Å². The zero-order chi connectivity index (χ0) is 12.6. The van der Waals surface area contributed by atoms with Crippen LogP contribution in [0.2, 0.25) is 0 Å². The van der Waals surface area contributed by atoms with Crippen LogP contribution >= 0.6 is 0 Å². The van der Waals surface area contributed by atoms with Gasteiger partial charge in [-0.15, -0.1) is 0 Å². The maximum atomic E-state index is 12.6. The van der Waals surface area contributed by atoms with E-state index in [1.807, 2.05) is 30.3 Å². The molecule has 0 N–H and O–H groups in total. The van der Waals surface area contributed by atoms with Gasteiger partial charge in [-0.1, -0.05) is 25.8 Å². The molecule has 0 unspecified atom stereocenters. The Morgan fingerprint density at radius 1 is 1.22 bits per heavy atom. The third-order valence-corrected chi connectivity index (χ3v) is 4.12. The summed E-state index contributed by atoms with van der Waals surface area (Å²) in [6, 6.07) is 9.76. The van der Waals surface area contributed by atoms with Crippen LogP contribution in [0.3, 0.4) is 0 Å². The lowest BCUT2D eigenvalue weighted by Gasteiger charge is -2.21. The van der Waals surface area contributed by atoms with E-state index >= 15 is 0 Å². The Hall–Kier alpha value is -1.70. The van der Waals surface area contributed by atoms with Crippen molar-refractivity contribution < 1.29 is 4.79 Å². The number of fused-ring (bicyclic) bond motifs is 1. The molecule has 1 saturated carbocycles. The molecule has 1 aliphatic carbocycles. The fourth-order valence-electron chi connectivity index (χ4n) is 2.95. The molecule has 3 rings (SSSR count). The number of Topliss-reactive ketones (excluding diaryl/α,β-unsaturated/α-hetero) is 1. The Labute approximate surface area is 107 Å². The van der Waals surface area contributed by atoms with Gasteiger partial charge >= 0.3 is 0 Å². The van der Waals surface area contributed by atoms with Gasteiger partial charge in [0.2, 0.25) is 0 Å². The van der Waals surface area contributed by atoms with E-state index < -0.39 is 0 Å². The molecule has 2 heteroatoms. The molecular formula is C16H17NO. The SMILES string of the molecule is CC1(C(=O)c2ccc3ncccc3c2)CCCC1. The van der Waals surface area contributed by atoms with E-state index in [1.165, 1.54) is 12.8 Å². The van der Waals surface area contributed by atoms with Crippen molar-refractivity contribution in [3.8, 4) is 0 Å². The highest BCUT2D eigenvalue weighted by molar-refractivity contribution is 6.02. The summed E-state index contributed by atoms with van der Waals surface area (Å²) in [4.78, 5) is 16.9. The van der Waals surface area contributed by atoms with E-state index in [2.05, 4.69) is 11.9 Å². The second-order valence-electron chi connectivity index (χ2n) is 5.51. The summed E-state index contributed by atoms with van der Waals surface area (Å²) >= 11 is 0. The lowest BCUT2D eigenvalue weighted by atomic mass is 9.80. The maximum Gasteiger partial charge on any atom is 0.168 e. The number of rotatable bonds is 2. The van der Waals surface area contributed by atoms with Crippen LogP contribution in [0.25, 0.3) is 10.9 Å². The topological polar surface area (TPSA) is 30.0 Å². The molecule has 0 amide bonds. The summed E-state index contributed by atoms with van der Waals surface area (Å²) in [5.41, 5.74) is 1.64. The molecule has 2 nitrogen and oxygen atoms in total. The van der Waals surface area contributed by atoms with E-state index in [0.717, 1.165) is 29.3 Å². The smallest absolute Gasteiger partial charge is 0.168 e. The van der Waals surface area contributed by atoms with Gasteiger partial charge in [0.1, 0.15) is 0 Å². The van der Waals surface area contributed by atoms with Gasteiger partial charge in [0.05, 0.1) is 5.52 Å². The van der Waals surface area contributed by atoms with Crippen molar-refractivity contribution in [3.05, 3.63) is 42.1 Å². The van der Waals surface area contributed by atoms with Gasteiger partial charge in [0.15, 0.2) is 5.78 Å². The van der Waals surface area contributed by atoms with Gasteiger partial charge in [-0.25, -0.2) is 0 Å². The van der Waals surface area contributed by atoms with E-state index in [0.29, 0.717) is 5.78 Å². The second-order valence-corrected chi connectivity index (χ2v) is 5.51. The van der Waals surface area contributed by atoms with E-state index in [4.69, 9.17) is 0 Å². The molecular weight excluding hydrogens is 222 g/mol. The minimum Gasteiger partial charge on any atom is -0.294 e. The molecule has 0 atom stereocenters. The highest BCUT2D eigenvalue weighted by Crippen LogP contribution is 2.40. The predicted molar refractivity (Wildman–Crippen MR) is 72.6 cm³/mol. The standard InChI is InChI=1S/C16H17NO/c1-16(8-2-3-9-16)15(18)13-6-7-14-12(11-13)5-4-10-17-14/h4-7,10-11H,2-3,8-9H2,1H3. The number of nitrogens with zero attached hydrogens (tertiary/aromatic N) is 1. The summed E-state index contributed by atoms with van der Waals surface area (Å²) in [6.07, 6.45) is 6.19. The summed E-state index contributed by atoms with van der Waals surface area (Å²) in [5, 5.41) is 1.05. The van der Waals surface area contributed by atoms with Crippen LogP contribution in [0.15, 0.2) is 36.5 Å². The first-order chi connectivity index (χ1) is 8.69. The zero-order valence-corrected chi connectivity index (χ0v) is 10.6. The van der Waals surface area contributed by atoms with Crippen LogP contribution in [0, 0.1) is 5.41 Å². The van der Waals surface area contributed by atoms with Crippen LogP contribution < -0.4 is 0 Å². The minimum atomic E-state index is -0.143. The summed E-state index contributed by atoms with van der Waals surface area (Å²) < 4.78 is 0. The van der Waals surface area contributed by atoms with Gasteiger partial charge in [0, 0.05) is 22.6 Å². The predicted octanol–water partition coefficient (Wildman–Crippen LogP) is 4.00. The quantitative estimate of drug-likeness (QED) is 0.741. The van der Waals surface area contributed by atoms with Crippen LogP contribution in [0.1, 0.15) is 43.0 Å². The molecule has 0 radical (unpaired) electrons. The lowest BCUT2D eigenvalue weighted by Crippen LogP contribution is -2.24. The van der Waals surface area contributed by atoms with Gasteiger partial charge in [-0.2, -0.15) is 0 Å². The first-order valence-corrected chi connectivity index (χ1v) is 6.59. The Balaban J connectivity index is 2.01. The molecule has 92 valence electrons. The molecule has 18 heavy (non-hydrogen) atoms. The molecule has 0 bridgehead atoms. The van der Waals surface area contributed by atoms with Gasteiger partial charge < -0.3 is 0 Å². The molecule has 1 heterocycles. The highest BCUT2D eigenvalue weighted by atomic mass is 16.1. The van der Waals surface area contributed by atoms with Crippen molar-refractivity contribution in [2.45, 2.75) is 32.6 Å². The molecule has 1 aromatic heterocycles. The number of benzene rings is 1. The molecule has 2 aromatic rings. The van der Waals surface area contributed by atoms with Crippen molar-refractivity contribution >= 4 is 16.7 Å². The largest absolute Gasteiger partial charge is 0.294 e. The number of hydrogen-bond donors (Lipinski definition) is 0. The Bertz CT molecular complexity index is 597. The van der Waals surface area contributed by atoms with Crippen LogP contribution in [0.4, 0.5) is 0 Å². The highest BCUT2D eigenvalue weighted by Gasteiger charge is 2.36. The van der Waals surface area contributed by atoms with Crippen LogP contribution in [-0.2, 0) is 0 Å². The van der Waals surface area contributed by atoms with Gasteiger partial charge in [-0.05, 0) is 37.1 Å². The van der Waals surface area contributed by atoms with E-state index in [1.54, 1.807) is 6.20 Å². The van der Waals surface area contributed by atoms with Crippen molar-refractivity contribution in [1.82, 2.24) is 4.98 Å². The van der Waals surface area contributed by atoms with E-state index in [-0.39, 0.29) is 5.41 Å². The minimum absolute atomic E-state index is 0.143. The zero-order valence-electron chi connectivity index (χ0n) is 10.6. The lowest BCUT2D eigenvalue weighted by molar-refractivity contribution is 0.0823. The molecule has 1 fully saturated rings. The molecule has 0 aliphatic heterocycles. The number of hydrogen-bond acceptors (Lipinski definition) is 2. The third kappa shape index (κ3) is 1.82. The fourth-order valence-corrected chi connectivity index (χ4v) is 2.95. The number of aromatic nitrogens is 1. The average Bonchev–Trinajstić information content (AvgIpc) is 2.85. The first kappa shape index (κ1) is 11.4.